The number of H-pyrrole nitrogens is 1. The highest BCUT2D eigenvalue weighted by atomic mass is 19.3. The van der Waals surface area contributed by atoms with Crippen LogP contribution >= 0.6 is 0 Å². The van der Waals surface area contributed by atoms with Gasteiger partial charge in [-0.3, -0.25) is 58.2 Å². The molecule has 438 valence electrons. The van der Waals surface area contributed by atoms with Crippen molar-refractivity contribution in [2.24, 2.45) is 5.73 Å². The molecule has 0 radical (unpaired) electrons. The second-order valence-corrected chi connectivity index (χ2v) is 22.3. The Morgan fingerprint density at radius 1 is 0.774 bits per heavy atom. The average Bonchev–Trinajstić information content (AvgIpc) is 2.21. The topological polar surface area (TPSA) is 267 Å². The smallest absolute Gasteiger partial charge is 0.270 e. The summed E-state index contributed by atoms with van der Waals surface area (Å²) in [6.07, 6.45) is 5.47. The van der Waals surface area contributed by atoms with Gasteiger partial charge in [0, 0.05) is 79.1 Å². The normalized spacial score (nSPS) is 20.0. The van der Waals surface area contributed by atoms with Crippen LogP contribution in [-0.4, -0.2) is 110 Å². The summed E-state index contributed by atoms with van der Waals surface area (Å²) in [6, 6.07) is 23.7. The van der Waals surface area contributed by atoms with E-state index in [-0.39, 0.29) is 91.4 Å². The highest BCUT2D eigenvalue weighted by Crippen LogP contribution is 2.35. The number of rotatable bonds is 22. The molecule has 84 heavy (non-hydrogen) atoms. The van der Waals surface area contributed by atoms with Crippen LogP contribution in [0.2, 0.25) is 0 Å². The minimum absolute atomic E-state index is 0.0143. The number of piperidine rings is 1. The number of ketones is 1. The molecule has 3 fully saturated rings. The molecule has 5 heterocycles. The van der Waals surface area contributed by atoms with E-state index in [9.17, 15) is 56.7 Å². The number of unbranched alkanes of at least 4 members (excludes halogenated alkanes) is 5. The lowest BCUT2D eigenvalue weighted by Crippen LogP contribution is -2.59. The highest BCUT2D eigenvalue weighted by molar-refractivity contribution is 6.24. The molecule has 6 atom stereocenters. The number of carbonyl (C=O) groups is 10. The van der Waals surface area contributed by atoms with Crippen molar-refractivity contribution < 1.29 is 56.7 Å². The molecule has 7 N–H and O–H groups in total. The summed E-state index contributed by atoms with van der Waals surface area (Å²) < 4.78 is 28.5. The number of hydrogen-bond acceptors (Lipinski definition) is 10. The molecule has 4 aliphatic heterocycles. The van der Waals surface area contributed by atoms with Crippen LogP contribution in [0.25, 0.3) is 10.9 Å². The number of fused-ring (bicyclic) bond motifs is 3. The van der Waals surface area contributed by atoms with Gasteiger partial charge in [0.1, 0.15) is 23.8 Å². The SMILES string of the molecule is CC(F)(F)c1ccc2[nH]c(C(=O)N[C@H]3CC[C@@H](NC(=O)CCCCCCCC#Cc4cccc5c4C(=O)N(C4CCC(=O)NC4=O)C5=O)C[C@H]4CC[C@@H](C(=O)N[C@@H](CCC(N)=O)C(=O)CC(c5ccccc5)c5ccccc5)N4C3=O)cc2c1. The van der Waals surface area contributed by atoms with E-state index in [2.05, 4.69) is 38.1 Å². The first-order chi connectivity index (χ1) is 40.3. The number of aromatic amines is 1. The third kappa shape index (κ3) is 14.1. The minimum atomic E-state index is -3.13. The number of nitrogens with zero attached hydrogens (tertiary/aromatic N) is 2. The number of nitrogens with two attached hydrogens (primary N) is 1. The van der Waals surface area contributed by atoms with Crippen molar-refractivity contribution in [3.63, 3.8) is 0 Å². The summed E-state index contributed by atoms with van der Waals surface area (Å²) in [6.45, 7) is 0.777. The summed E-state index contributed by atoms with van der Waals surface area (Å²) in [5, 5.41) is 11.4. The van der Waals surface area contributed by atoms with E-state index < -0.39 is 89.4 Å². The van der Waals surface area contributed by atoms with E-state index in [1.54, 1.807) is 12.1 Å². The first kappa shape index (κ1) is 59.8. The zero-order valence-corrected chi connectivity index (χ0v) is 46.7. The molecule has 0 saturated carbocycles. The summed E-state index contributed by atoms with van der Waals surface area (Å²) in [7, 11) is 0. The number of Topliss-reactive ketones (excluding diaryl/α,β-unsaturated/α-hetero) is 1. The Labute approximate surface area is 484 Å². The number of amides is 9. The summed E-state index contributed by atoms with van der Waals surface area (Å²) in [4.78, 5) is 140. The quantitative estimate of drug-likeness (QED) is 0.0232. The number of primary amides is 1. The Bertz CT molecular complexity index is 3390. The molecule has 0 aliphatic carbocycles. The Morgan fingerprint density at radius 2 is 1.49 bits per heavy atom. The second-order valence-electron chi connectivity index (χ2n) is 22.3. The number of imide groups is 2. The molecule has 1 aromatic heterocycles. The Hall–Kier alpha value is -8.86. The molecular formula is C64H68F2N8O10. The maximum atomic E-state index is 14.9. The molecule has 4 aliphatic rings. The van der Waals surface area contributed by atoms with Crippen molar-refractivity contribution >= 4 is 69.9 Å². The lowest BCUT2D eigenvalue weighted by molar-refractivity contribution is -0.143. The van der Waals surface area contributed by atoms with Crippen LogP contribution in [0.4, 0.5) is 8.78 Å². The van der Waals surface area contributed by atoms with E-state index in [1.165, 1.54) is 35.2 Å². The number of aromatic nitrogens is 1. The molecule has 20 heteroatoms. The van der Waals surface area contributed by atoms with E-state index in [1.807, 2.05) is 60.7 Å². The van der Waals surface area contributed by atoms with Crippen LogP contribution in [0.3, 0.4) is 0 Å². The van der Waals surface area contributed by atoms with Gasteiger partial charge in [-0.1, -0.05) is 104 Å². The standard InChI is InChI=1S/C64H68F2N8O10/c1-64(65,66)42-24-27-47-41(34-42)35-50(69-47)58(79)71-49-28-25-43(68-55(77)23-14-6-4-2-3-5-9-20-40-21-15-22-45-57(40)63(84)74(61(45)82)52-31-33-56(78)72-60(52)81)36-44-26-30-51(73(44)62(49)83)59(80)70-48(29-32-54(67)76)53(75)37-46(38-16-10-7-11-17-38)39-18-12-8-13-19-39/h7-8,10-13,15-19,21-22,24,27,34-35,43-44,46,48-49,51-52,69H,2-6,14,23,25-26,28-33,36-37H2,1H3,(H2,67,76)(H,68,77)(H,70,80)(H,71,79)(H,72,78,81)/t43-,44-,48+,49+,51+,52?/m1/s1. The summed E-state index contributed by atoms with van der Waals surface area (Å²) in [5.41, 5.74) is 8.23. The number of alkyl halides is 2. The van der Waals surface area contributed by atoms with Crippen molar-refractivity contribution in [3.05, 3.63) is 142 Å². The number of halogens is 2. The maximum Gasteiger partial charge on any atom is 0.270 e. The molecule has 4 aromatic carbocycles. The molecular weight excluding hydrogens is 1080 g/mol. The van der Waals surface area contributed by atoms with Crippen LogP contribution in [0, 0.1) is 11.8 Å². The monoisotopic (exact) mass is 1150 g/mol. The van der Waals surface area contributed by atoms with E-state index in [4.69, 9.17) is 5.73 Å². The zero-order chi connectivity index (χ0) is 59.7. The molecule has 1 unspecified atom stereocenters. The Kier molecular flexibility index (Phi) is 18.9. The van der Waals surface area contributed by atoms with E-state index in [0.29, 0.717) is 48.6 Å². The third-order valence-corrected chi connectivity index (χ3v) is 16.4. The van der Waals surface area contributed by atoms with Crippen LogP contribution in [-0.2, 0) is 39.5 Å². The van der Waals surface area contributed by atoms with Crippen molar-refractivity contribution in [1.29, 1.82) is 0 Å². The lowest BCUT2D eigenvalue weighted by Gasteiger charge is -2.38. The van der Waals surface area contributed by atoms with E-state index >= 15 is 0 Å². The van der Waals surface area contributed by atoms with Crippen LogP contribution < -0.4 is 27.0 Å². The van der Waals surface area contributed by atoms with Crippen LogP contribution in [0.15, 0.2) is 103 Å². The predicted molar refractivity (Wildman–Crippen MR) is 306 cm³/mol. The predicted octanol–water partition coefficient (Wildman–Crippen LogP) is 7.13. The van der Waals surface area contributed by atoms with Gasteiger partial charge in [-0.2, -0.15) is 0 Å². The zero-order valence-electron chi connectivity index (χ0n) is 46.7. The fraction of sp³-hybridized carbons (Fsp3) is 0.406. The van der Waals surface area contributed by atoms with Gasteiger partial charge in [-0.25, -0.2) is 8.78 Å². The van der Waals surface area contributed by atoms with Gasteiger partial charge in [-0.05, 0) is 99.2 Å². The van der Waals surface area contributed by atoms with Gasteiger partial charge in [0.15, 0.2) is 5.78 Å². The van der Waals surface area contributed by atoms with Gasteiger partial charge in [-0.15, -0.1) is 0 Å². The summed E-state index contributed by atoms with van der Waals surface area (Å²) >= 11 is 0. The van der Waals surface area contributed by atoms with Crippen LogP contribution in [0.1, 0.15) is 175 Å². The largest absolute Gasteiger partial charge is 0.370 e. The highest BCUT2D eigenvalue weighted by Gasteiger charge is 2.48. The Morgan fingerprint density at radius 3 is 2.19 bits per heavy atom. The number of hydrogen-bond donors (Lipinski definition) is 6. The van der Waals surface area contributed by atoms with Crippen molar-refractivity contribution in [3.8, 4) is 11.8 Å². The first-order valence-corrected chi connectivity index (χ1v) is 28.8. The van der Waals surface area contributed by atoms with Gasteiger partial charge < -0.3 is 31.6 Å². The van der Waals surface area contributed by atoms with Gasteiger partial charge >= 0.3 is 0 Å². The van der Waals surface area contributed by atoms with Crippen molar-refractivity contribution in [2.45, 2.75) is 164 Å². The molecule has 0 spiro atoms. The summed E-state index contributed by atoms with van der Waals surface area (Å²) in [5.74, 6) is -2.78. The molecule has 3 saturated heterocycles. The van der Waals surface area contributed by atoms with E-state index in [0.717, 1.165) is 48.6 Å². The average molecular weight is 1150 g/mol. The molecule has 9 rings (SSSR count). The molecule has 18 nitrogen and oxygen atoms in total. The fourth-order valence-corrected chi connectivity index (χ4v) is 12.0. The third-order valence-electron chi connectivity index (χ3n) is 16.4. The first-order valence-electron chi connectivity index (χ1n) is 28.8. The number of nitrogens with one attached hydrogen (secondary N) is 5. The molecule has 5 aromatic rings. The lowest BCUT2D eigenvalue weighted by atomic mass is 9.85. The molecule has 0 bridgehead atoms. The van der Waals surface area contributed by atoms with Gasteiger partial charge in [0.05, 0.1) is 17.2 Å². The van der Waals surface area contributed by atoms with Gasteiger partial charge in [0.2, 0.25) is 35.4 Å². The molecule has 9 amide bonds. The minimum Gasteiger partial charge on any atom is -0.370 e. The second kappa shape index (κ2) is 26.6. The number of carbonyl (C=O) groups excluding carboxylic acids is 10. The number of benzene rings is 4. The van der Waals surface area contributed by atoms with Crippen molar-refractivity contribution in [2.75, 3.05) is 0 Å². The maximum absolute atomic E-state index is 14.9. The Balaban J connectivity index is 0.831. The fourth-order valence-electron chi connectivity index (χ4n) is 12.0. The van der Waals surface area contributed by atoms with Gasteiger partial charge in [0.25, 0.3) is 23.6 Å². The van der Waals surface area contributed by atoms with Crippen LogP contribution in [0.5, 0.6) is 0 Å². The van der Waals surface area contributed by atoms with Crippen molar-refractivity contribution in [1.82, 2.24) is 36.1 Å².